The van der Waals surface area contributed by atoms with Gasteiger partial charge in [0.25, 0.3) is 0 Å². The minimum absolute atomic E-state index is 0.156. The largest absolute Gasteiger partial charge is 0.631 e. The Bertz CT molecular complexity index is 84.2. The number of rotatable bonds is 2. The Morgan fingerprint density at radius 3 is 1.70 bits per heavy atom. The Morgan fingerprint density at radius 1 is 1.40 bits per heavy atom. The molecule has 0 radical (unpaired) electrons. The maximum absolute atomic E-state index is 9.55. The molecule has 4 N–H and O–H groups in total. The van der Waals surface area contributed by atoms with E-state index in [2.05, 4.69) is 12.6 Å². The molecule has 0 rings (SSSR count). The molecule has 0 spiro atoms. The molecule has 60 valence electrons. The van der Waals surface area contributed by atoms with E-state index in [1.54, 1.807) is 0 Å². The zero-order valence-electron chi connectivity index (χ0n) is 5.14. The van der Waals surface area contributed by atoms with E-state index in [-0.39, 0.29) is 6.42 Å². The fourth-order valence-corrected chi connectivity index (χ4v) is 0.287. The maximum Gasteiger partial charge on any atom is 0.631 e. The van der Waals surface area contributed by atoms with Crippen LogP contribution in [-0.4, -0.2) is 39.2 Å². The summed E-state index contributed by atoms with van der Waals surface area (Å²) in [7, 11) is -2.17. The Hall–Kier alpha value is -0.235. The van der Waals surface area contributed by atoms with Gasteiger partial charge in [-0.3, -0.25) is 4.79 Å². The van der Waals surface area contributed by atoms with Gasteiger partial charge in [0.2, 0.25) is 0 Å². The first-order valence-corrected chi connectivity index (χ1v) is 3.00. The Morgan fingerprint density at radius 2 is 1.70 bits per heavy atom. The van der Waals surface area contributed by atoms with Crippen LogP contribution in [-0.2, 0) is 4.79 Å². The van der Waals surface area contributed by atoms with Gasteiger partial charge in [-0.05, 0) is 0 Å². The van der Waals surface area contributed by atoms with Crippen molar-refractivity contribution in [2.75, 3.05) is 5.75 Å². The van der Waals surface area contributed by atoms with E-state index in [0.29, 0.717) is 5.75 Å². The SMILES string of the molecule is O=C(O)CCS.OB(O)O. The van der Waals surface area contributed by atoms with Crippen molar-refractivity contribution in [1.82, 2.24) is 0 Å². The number of carboxylic acid groups (broad SMARTS) is 1. The molecule has 0 atom stereocenters. The molecular weight excluding hydrogens is 159 g/mol. The molecule has 0 aromatic carbocycles. The predicted octanol–water partition coefficient (Wildman–Crippen LogP) is -1.66. The van der Waals surface area contributed by atoms with E-state index in [1.807, 2.05) is 0 Å². The van der Waals surface area contributed by atoms with Crippen LogP contribution in [0.3, 0.4) is 0 Å². The first-order chi connectivity index (χ1) is 4.50. The number of carbonyl (C=O) groups is 1. The van der Waals surface area contributed by atoms with Gasteiger partial charge in [-0.1, -0.05) is 0 Å². The molecule has 0 saturated heterocycles. The summed E-state index contributed by atoms with van der Waals surface area (Å²) in [5.41, 5.74) is 0. The van der Waals surface area contributed by atoms with Crippen LogP contribution in [0.15, 0.2) is 0 Å². The van der Waals surface area contributed by atoms with Crippen LogP contribution in [0, 0.1) is 0 Å². The van der Waals surface area contributed by atoms with Crippen molar-refractivity contribution in [1.29, 1.82) is 0 Å². The highest BCUT2D eigenvalue weighted by Crippen LogP contribution is 1.79. The molecule has 0 saturated carbocycles. The van der Waals surface area contributed by atoms with Gasteiger partial charge in [0.1, 0.15) is 0 Å². The van der Waals surface area contributed by atoms with Crippen LogP contribution in [0.2, 0.25) is 0 Å². The first kappa shape index (κ1) is 12.4. The van der Waals surface area contributed by atoms with Crippen molar-refractivity contribution in [3.05, 3.63) is 0 Å². The Balaban J connectivity index is 0. The van der Waals surface area contributed by atoms with E-state index in [9.17, 15) is 4.79 Å². The molecule has 0 bridgehead atoms. The molecule has 0 aromatic rings. The number of hydrogen-bond acceptors (Lipinski definition) is 5. The van der Waals surface area contributed by atoms with E-state index in [1.165, 1.54) is 0 Å². The van der Waals surface area contributed by atoms with Crippen LogP contribution in [0.4, 0.5) is 0 Å². The normalized spacial score (nSPS) is 7.60. The van der Waals surface area contributed by atoms with E-state index in [0.717, 1.165) is 0 Å². The average molecular weight is 168 g/mol. The second-order valence-electron chi connectivity index (χ2n) is 1.21. The van der Waals surface area contributed by atoms with Gasteiger partial charge in [0.05, 0.1) is 6.42 Å². The summed E-state index contributed by atoms with van der Waals surface area (Å²) < 4.78 is 0. The van der Waals surface area contributed by atoms with Crippen molar-refractivity contribution in [3.63, 3.8) is 0 Å². The summed E-state index contributed by atoms with van der Waals surface area (Å²) in [5.74, 6) is -0.361. The van der Waals surface area contributed by atoms with Crippen molar-refractivity contribution in [3.8, 4) is 0 Å². The standard InChI is InChI=1S/C3H6O2S.BH3O3/c4-3(5)1-2-6;2-1(3)4/h6H,1-2H2,(H,4,5);2-4H. The molecule has 0 fully saturated rings. The van der Waals surface area contributed by atoms with Crippen molar-refractivity contribution >= 4 is 25.9 Å². The van der Waals surface area contributed by atoms with Crippen LogP contribution in [0.5, 0.6) is 0 Å². The smallest absolute Gasteiger partial charge is 0.481 e. The summed E-state index contributed by atoms with van der Waals surface area (Å²) in [5, 5.41) is 29.4. The lowest BCUT2D eigenvalue weighted by Gasteiger charge is -1.79. The molecule has 0 aliphatic carbocycles. The van der Waals surface area contributed by atoms with Gasteiger partial charge in [-0.15, -0.1) is 0 Å². The maximum atomic E-state index is 9.55. The van der Waals surface area contributed by atoms with Crippen LogP contribution in [0.1, 0.15) is 6.42 Å². The fourth-order valence-electron chi connectivity index (χ4n) is 0.0956. The second-order valence-corrected chi connectivity index (χ2v) is 1.66. The van der Waals surface area contributed by atoms with Gasteiger partial charge < -0.3 is 20.2 Å². The lowest BCUT2D eigenvalue weighted by atomic mass is 10.3. The van der Waals surface area contributed by atoms with Gasteiger partial charge >= 0.3 is 13.3 Å². The third-order valence-electron chi connectivity index (χ3n) is 0.326. The number of hydrogen-bond donors (Lipinski definition) is 5. The quantitative estimate of drug-likeness (QED) is 0.251. The topological polar surface area (TPSA) is 98.0 Å². The highest BCUT2D eigenvalue weighted by Gasteiger charge is 1.92. The second kappa shape index (κ2) is 8.76. The van der Waals surface area contributed by atoms with Crippen LogP contribution in [0.25, 0.3) is 0 Å². The van der Waals surface area contributed by atoms with Crippen molar-refractivity contribution in [2.24, 2.45) is 0 Å². The molecule has 0 aliphatic heterocycles. The zero-order valence-corrected chi connectivity index (χ0v) is 6.03. The van der Waals surface area contributed by atoms with Gasteiger partial charge in [0, 0.05) is 5.75 Å². The van der Waals surface area contributed by atoms with Crippen LogP contribution < -0.4 is 0 Å². The molecule has 0 unspecified atom stereocenters. The highest BCUT2D eigenvalue weighted by atomic mass is 32.1. The molecular formula is C3H9BO5S. The Labute approximate surface area is 63.9 Å². The lowest BCUT2D eigenvalue weighted by molar-refractivity contribution is -0.136. The van der Waals surface area contributed by atoms with Gasteiger partial charge in [-0.25, -0.2) is 0 Å². The summed E-state index contributed by atoms with van der Waals surface area (Å²) >= 11 is 3.68. The third kappa shape index (κ3) is 46.5. The minimum atomic E-state index is -2.17. The lowest BCUT2D eigenvalue weighted by Crippen LogP contribution is -2.07. The van der Waals surface area contributed by atoms with E-state index < -0.39 is 13.3 Å². The molecule has 0 aromatic heterocycles. The predicted molar refractivity (Wildman–Crippen MR) is 38.5 cm³/mol. The van der Waals surface area contributed by atoms with Gasteiger partial charge in [-0.2, -0.15) is 12.6 Å². The van der Waals surface area contributed by atoms with Crippen LogP contribution >= 0.6 is 12.6 Å². The van der Waals surface area contributed by atoms with Gasteiger partial charge in [0.15, 0.2) is 0 Å². The van der Waals surface area contributed by atoms with Crippen molar-refractivity contribution < 1.29 is 25.0 Å². The van der Waals surface area contributed by atoms with Crippen molar-refractivity contribution in [2.45, 2.75) is 6.42 Å². The number of aliphatic carboxylic acids is 1. The average Bonchev–Trinajstić information content (AvgIpc) is 1.62. The summed E-state index contributed by atoms with van der Waals surface area (Å²) in [4.78, 5) is 9.55. The van der Waals surface area contributed by atoms with E-state index in [4.69, 9.17) is 20.2 Å². The highest BCUT2D eigenvalue weighted by molar-refractivity contribution is 7.80. The van der Waals surface area contributed by atoms with E-state index >= 15 is 0 Å². The number of thiol groups is 1. The monoisotopic (exact) mass is 168 g/mol. The molecule has 0 heterocycles. The Kier molecular flexibility index (Phi) is 10.9. The zero-order chi connectivity index (χ0) is 8.57. The molecule has 0 aliphatic rings. The summed E-state index contributed by atoms with van der Waals surface area (Å²) in [6.07, 6.45) is 0.156. The molecule has 0 amide bonds. The summed E-state index contributed by atoms with van der Waals surface area (Å²) in [6, 6.07) is 0. The molecule has 5 nitrogen and oxygen atoms in total. The summed E-state index contributed by atoms with van der Waals surface area (Å²) in [6.45, 7) is 0. The third-order valence-corrected chi connectivity index (χ3v) is 0.549. The molecule has 7 heteroatoms. The first-order valence-electron chi connectivity index (χ1n) is 2.37. The number of carboxylic acids is 1. The molecule has 10 heavy (non-hydrogen) atoms. The minimum Gasteiger partial charge on any atom is -0.481 e. The fraction of sp³-hybridized carbons (Fsp3) is 0.667.